The molecule has 0 aliphatic carbocycles. The van der Waals surface area contributed by atoms with Gasteiger partial charge >= 0.3 is 0 Å². The highest BCUT2D eigenvalue weighted by Gasteiger charge is 2.21. The van der Waals surface area contributed by atoms with E-state index in [0.717, 1.165) is 22.3 Å². The van der Waals surface area contributed by atoms with Gasteiger partial charge in [0, 0.05) is 23.9 Å². The van der Waals surface area contributed by atoms with Gasteiger partial charge in [-0.3, -0.25) is 14.5 Å². The van der Waals surface area contributed by atoms with Gasteiger partial charge in [0.1, 0.15) is 11.6 Å². The summed E-state index contributed by atoms with van der Waals surface area (Å²) in [5.74, 6) is -2.49. The lowest BCUT2D eigenvalue weighted by Crippen LogP contribution is -2.23. The van der Waals surface area contributed by atoms with Crippen molar-refractivity contribution in [2.45, 2.75) is 6.92 Å². The summed E-state index contributed by atoms with van der Waals surface area (Å²) >= 11 is 1.08. The largest absolute Gasteiger partial charge is 0.274 e. The van der Waals surface area contributed by atoms with Gasteiger partial charge in [0.2, 0.25) is 5.91 Å². The zero-order valence-corrected chi connectivity index (χ0v) is 15.4. The second kappa shape index (κ2) is 8.49. The normalized spacial score (nSPS) is 10.8. The third-order valence-electron chi connectivity index (χ3n) is 3.57. The summed E-state index contributed by atoms with van der Waals surface area (Å²) in [5, 5.41) is 5.61. The van der Waals surface area contributed by atoms with Crippen LogP contribution in [0.4, 0.5) is 19.6 Å². The van der Waals surface area contributed by atoms with Crippen molar-refractivity contribution >= 4 is 40.2 Å². The molecule has 0 aliphatic heterocycles. The molecule has 0 saturated heterocycles. The molecule has 9 heteroatoms. The molecule has 0 aliphatic rings. The Kier molecular flexibility index (Phi) is 5.85. The first-order valence-corrected chi connectivity index (χ1v) is 8.93. The van der Waals surface area contributed by atoms with Crippen molar-refractivity contribution in [3.05, 3.63) is 76.8 Å². The van der Waals surface area contributed by atoms with E-state index in [9.17, 15) is 18.4 Å². The van der Waals surface area contributed by atoms with E-state index in [-0.39, 0.29) is 16.7 Å². The van der Waals surface area contributed by atoms with Crippen LogP contribution in [0.15, 0.2) is 59.0 Å². The van der Waals surface area contributed by atoms with Crippen molar-refractivity contribution in [1.29, 1.82) is 0 Å². The Morgan fingerprint density at radius 2 is 1.93 bits per heavy atom. The minimum absolute atomic E-state index is 0.107. The van der Waals surface area contributed by atoms with Gasteiger partial charge in [0.05, 0.1) is 17.6 Å². The minimum atomic E-state index is -0.879. The van der Waals surface area contributed by atoms with E-state index in [4.69, 9.17) is 0 Å². The van der Waals surface area contributed by atoms with Crippen LogP contribution in [0.25, 0.3) is 0 Å². The first-order chi connectivity index (χ1) is 13.5. The van der Waals surface area contributed by atoms with Crippen molar-refractivity contribution in [1.82, 2.24) is 10.4 Å². The quantitative estimate of drug-likeness (QED) is 0.522. The molecule has 1 heterocycles. The molecule has 1 N–H and O–H groups in total. The lowest BCUT2D eigenvalue weighted by Gasteiger charge is -2.18. The fraction of sp³-hybridized carbons (Fsp3) is 0.0526. The average Bonchev–Trinajstić information content (AvgIpc) is 3.12. The number of carbonyl (C=O) groups excluding carboxylic acids is 2. The molecule has 0 bridgehead atoms. The smallest absolute Gasteiger partial charge is 0.271 e. The zero-order chi connectivity index (χ0) is 20.1. The van der Waals surface area contributed by atoms with Crippen LogP contribution in [0.5, 0.6) is 0 Å². The third-order valence-corrected chi connectivity index (χ3v) is 4.41. The van der Waals surface area contributed by atoms with Crippen LogP contribution in [0, 0.1) is 11.6 Å². The van der Waals surface area contributed by atoms with Gasteiger partial charge in [-0.25, -0.2) is 19.2 Å². The maximum Gasteiger partial charge on any atom is 0.271 e. The summed E-state index contributed by atoms with van der Waals surface area (Å²) in [4.78, 5) is 29.2. The number of hydrazone groups is 1. The first kappa shape index (κ1) is 19.3. The number of anilines is 2. The lowest BCUT2D eigenvalue weighted by molar-refractivity contribution is -0.115. The number of thiazole rings is 1. The maximum absolute atomic E-state index is 14.1. The molecule has 28 heavy (non-hydrogen) atoms. The first-order valence-electron chi connectivity index (χ1n) is 8.05. The number of hydrogen-bond donors (Lipinski definition) is 1. The highest BCUT2D eigenvalue weighted by molar-refractivity contribution is 7.14. The van der Waals surface area contributed by atoms with Crippen LogP contribution >= 0.6 is 11.3 Å². The third kappa shape index (κ3) is 4.44. The standard InChI is InChI=1S/C19H14F2N4O2S/c1-12(26)25(17-8-7-14(20)9-16(17)21)19-23-15(11-28-19)10-22-24-18(27)13-5-3-2-4-6-13/h2-11H,1H3,(H,24,27)/b22-10-. The molecule has 3 rings (SSSR count). The van der Waals surface area contributed by atoms with E-state index in [1.54, 1.807) is 35.7 Å². The van der Waals surface area contributed by atoms with Crippen LogP contribution in [0.2, 0.25) is 0 Å². The summed E-state index contributed by atoms with van der Waals surface area (Å²) in [6.45, 7) is 1.25. The van der Waals surface area contributed by atoms with Crippen molar-refractivity contribution in [2.24, 2.45) is 5.10 Å². The van der Waals surface area contributed by atoms with Crippen molar-refractivity contribution < 1.29 is 18.4 Å². The van der Waals surface area contributed by atoms with Gasteiger partial charge in [-0.2, -0.15) is 5.10 Å². The molecule has 142 valence electrons. The van der Waals surface area contributed by atoms with E-state index in [2.05, 4.69) is 15.5 Å². The molecule has 0 unspecified atom stereocenters. The monoisotopic (exact) mass is 400 g/mol. The van der Waals surface area contributed by atoms with Gasteiger partial charge in [-0.15, -0.1) is 11.3 Å². The predicted octanol–water partition coefficient (Wildman–Crippen LogP) is 3.87. The fourth-order valence-electron chi connectivity index (χ4n) is 2.32. The Morgan fingerprint density at radius 1 is 1.18 bits per heavy atom. The molecule has 0 saturated carbocycles. The molecule has 0 atom stereocenters. The van der Waals surface area contributed by atoms with Crippen LogP contribution in [0.3, 0.4) is 0 Å². The van der Waals surface area contributed by atoms with E-state index in [1.165, 1.54) is 19.2 Å². The molecule has 3 aromatic rings. The zero-order valence-electron chi connectivity index (χ0n) is 14.6. The van der Waals surface area contributed by atoms with Crippen LogP contribution in [-0.2, 0) is 4.79 Å². The Morgan fingerprint density at radius 3 is 2.61 bits per heavy atom. The second-order valence-electron chi connectivity index (χ2n) is 5.57. The highest BCUT2D eigenvalue weighted by Crippen LogP contribution is 2.30. The molecule has 6 nitrogen and oxygen atoms in total. The Bertz CT molecular complexity index is 1040. The number of halogens is 2. The number of nitrogens with zero attached hydrogens (tertiary/aromatic N) is 3. The van der Waals surface area contributed by atoms with Crippen molar-refractivity contribution in [2.75, 3.05) is 4.90 Å². The summed E-state index contributed by atoms with van der Waals surface area (Å²) in [6.07, 6.45) is 1.31. The summed E-state index contributed by atoms with van der Waals surface area (Å²) in [6, 6.07) is 11.5. The number of nitrogens with one attached hydrogen (secondary N) is 1. The van der Waals surface area contributed by atoms with Crippen LogP contribution in [-0.4, -0.2) is 23.0 Å². The van der Waals surface area contributed by atoms with Gasteiger partial charge in [-0.05, 0) is 24.3 Å². The molecular weight excluding hydrogens is 386 g/mol. The number of hydrogen-bond acceptors (Lipinski definition) is 5. The number of amides is 2. The summed E-state index contributed by atoms with van der Waals surface area (Å²) in [5.41, 5.74) is 3.08. The fourth-order valence-corrected chi connectivity index (χ4v) is 3.15. The minimum Gasteiger partial charge on any atom is -0.274 e. The number of benzene rings is 2. The second-order valence-corrected chi connectivity index (χ2v) is 6.41. The Labute approximate surface area is 163 Å². The highest BCUT2D eigenvalue weighted by atomic mass is 32.1. The van der Waals surface area contributed by atoms with E-state index in [0.29, 0.717) is 17.3 Å². The maximum atomic E-state index is 14.1. The van der Waals surface area contributed by atoms with Crippen molar-refractivity contribution in [3.63, 3.8) is 0 Å². The number of rotatable bonds is 5. The van der Waals surface area contributed by atoms with Gasteiger partial charge in [0.15, 0.2) is 5.13 Å². The summed E-state index contributed by atoms with van der Waals surface area (Å²) < 4.78 is 27.2. The molecule has 0 fully saturated rings. The lowest BCUT2D eigenvalue weighted by atomic mass is 10.2. The molecule has 1 aromatic heterocycles. The Hall–Kier alpha value is -3.46. The van der Waals surface area contributed by atoms with Crippen molar-refractivity contribution in [3.8, 4) is 0 Å². The van der Waals surface area contributed by atoms with E-state index < -0.39 is 17.5 Å². The van der Waals surface area contributed by atoms with Gasteiger partial charge < -0.3 is 0 Å². The topological polar surface area (TPSA) is 74.7 Å². The molecule has 2 amide bonds. The summed E-state index contributed by atoms with van der Waals surface area (Å²) in [7, 11) is 0. The molecule has 0 spiro atoms. The molecular formula is C19H14F2N4O2S. The molecule has 0 radical (unpaired) electrons. The van der Waals surface area contributed by atoms with Gasteiger partial charge in [0.25, 0.3) is 5.91 Å². The van der Waals surface area contributed by atoms with E-state index in [1.807, 2.05) is 0 Å². The number of carbonyl (C=O) groups is 2. The van der Waals surface area contributed by atoms with Crippen LogP contribution < -0.4 is 10.3 Å². The number of aromatic nitrogens is 1. The van der Waals surface area contributed by atoms with E-state index >= 15 is 0 Å². The van der Waals surface area contributed by atoms with Gasteiger partial charge in [-0.1, -0.05) is 18.2 Å². The SMILES string of the molecule is CC(=O)N(c1nc(/C=N\NC(=O)c2ccccc2)cs1)c1ccc(F)cc1F. The average molecular weight is 400 g/mol. The predicted molar refractivity (Wildman–Crippen MR) is 103 cm³/mol. The molecule has 2 aromatic carbocycles. The Balaban J connectivity index is 1.76. The van der Waals surface area contributed by atoms with Crippen LogP contribution in [0.1, 0.15) is 23.0 Å².